The molecule has 1 amide bonds. The second-order valence-electron chi connectivity index (χ2n) is 4.20. The monoisotopic (exact) mass is 250 g/mol. The minimum Gasteiger partial charge on any atom is -0.396 e. The quantitative estimate of drug-likeness (QED) is 0.602. The van der Waals surface area contributed by atoms with Gasteiger partial charge in [-0.05, 0) is 44.5 Å². The Bertz CT molecular complexity index is 367. The average molecular weight is 250 g/mol. The van der Waals surface area contributed by atoms with Crippen LogP contribution in [-0.4, -0.2) is 37.8 Å². The van der Waals surface area contributed by atoms with Crippen molar-refractivity contribution >= 4 is 5.91 Å². The van der Waals surface area contributed by atoms with Gasteiger partial charge >= 0.3 is 0 Å². The van der Waals surface area contributed by atoms with E-state index in [9.17, 15) is 4.79 Å². The van der Waals surface area contributed by atoms with Gasteiger partial charge in [0.25, 0.3) is 5.91 Å². The summed E-state index contributed by atoms with van der Waals surface area (Å²) in [7, 11) is 1.90. The van der Waals surface area contributed by atoms with Crippen LogP contribution in [0.3, 0.4) is 0 Å². The van der Waals surface area contributed by atoms with Crippen molar-refractivity contribution in [3.05, 3.63) is 35.4 Å². The van der Waals surface area contributed by atoms with E-state index in [1.54, 1.807) is 0 Å². The lowest BCUT2D eigenvalue weighted by Crippen LogP contribution is -2.26. The van der Waals surface area contributed by atoms with Gasteiger partial charge in [0.05, 0.1) is 0 Å². The second-order valence-corrected chi connectivity index (χ2v) is 4.20. The van der Waals surface area contributed by atoms with E-state index in [-0.39, 0.29) is 12.5 Å². The van der Waals surface area contributed by atoms with Gasteiger partial charge in [0.15, 0.2) is 0 Å². The predicted octanol–water partition coefficient (Wildman–Crippen LogP) is 0.951. The van der Waals surface area contributed by atoms with Crippen LogP contribution < -0.4 is 10.6 Å². The zero-order valence-corrected chi connectivity index (χ0v) is 10.9. The topological polar surface area (TPSA) is 61.4 Å². The third-order valence-electron chi connectivity index (χ3n) is 2.78. The number of hydrogen-bond donors (Lipinski definition) is 3. The van der Waals surface area contributed by atoms with Gasteiger partial charge in [0, 0.05) is 18.7 Å². The van der Waals surface area contributed by atoms with Gasteiger partial charge in [-0.25, -0.2) is 0 Å². The lowest BCUT2D eigenvalue weighted by Gasteiger charge is -2.09. The highest BCUT2D eigenvalue weighted by atomic mass is 16.2. The zero-order chi connectivity index (χ0) is 13.2. The van der Waals surface area contributed by atoms with Crippen LogP contribution in [0.25, 0.3) is 0 Å². The molecule has 0 fully saturated rings. The third-order valence-corrected chi connectivity index (χ3v) is 2.78. The molecule has 0 radical (unpaired) electrons. The molecular formula is C14H22N2O2. The van der Waals surface area contributed by atoms with Crippen molar-refractivity contribution in [2.45, 2.75) is 19.3 Å². The SMILES string of the molecule is CNCCc1ccccc1C(=O)NCCCCO. The van der Waals surface area contributed by atoms with E-state index >= 15 is 0 Å². The lowest BCUT2D eigenvalue weighted by molar-refractivity contribution is 0.0951. The molecule has 100 valence electrons. The summed E-state index contributed by atoms with van der Waals surface area (Å²) >= 11 is 0. The molecule has 0 aliphatic carbocycles. The minimum absolute atomic E-state index is 0.0281. The van der Waals surface area contributed by atoms with Gasteiger partial charge < -0.3 is 15.7 Å². The summed E-state index contributed by atoms with van der Waals surface area (Å²) in [4.78, 5) is 12.0. The molecule has 0 spiro atoms. The summed E-state index contributed by atoms with van der Waals surface area (Å²) in [5, 5.41) is 14.6. The molecule has 0 bridgehead atoms. The first-order chi connectivity index (χ1) is 8.79. The van der Waals surface area contributed by atoms with Crippen LogP contribution in [0, 0.1) is 0 Å². The van der Waals surface area contributed by atoms with Crippen LogP contribution in [0.15, 0.2) is 24.3 Å². The normalized spacial score (nSPS) is 10.3. The minimum atomic E-state index is -0.0281. The molecule has 1 aromatic rings. The van der Waals surface area contributed by atoms with Crippen LogP contribution >= 0.6 is 0 Å². The number of hydrogen-bond acceptors (Lipinski definition) is 3. The first kappa shape index (κ1) is 14.7. The van der Waals surface area contributed by atoms with Crippen molar-refractivity contribution in [3.63, 3.8) is 0 Å². The molecule has 0 aliphatic heterocycles. The van der Waals surface area contributed by atoms with E-state index in [0.29, 0.717) is 6.54 Å². The van der Waals surface area contributed by atoms with Crippen LogP contribution in [0.1, 0.15) is 28.8 Å². The standard InChI is InChI=1S/C14H22N2O2/c1-15-10-8-12-6-2-3-7-13(12)14(18)16-9-4-5-11-17/h2-3,6-7,15,17H,4-5,8-11H2,1H3,(H,16,18). The van der Waals surface area contributed by atoms with Gasteiger partial charge in [-0.15, -0.1) is 0 Å². The molecule has 0 heterocycles. The molecule has 4 nitrogen and oxygen atoms in total. The van der Waals surface area contributed by atoms with E-state index < -0.39 is 0 Å². The molecule has 0 aliphatic rings. The number of aliphatic hydroxyl groups excluding tert-OH is 1. The van der Waals surface area contributed by atoms with Crippen LogP contribution in [0.4, 0.5) is 0 Å². The second kappa shape index (κ2) is 8.66. The Hall–Kier alpha value is -1.39. The zero-order valence-electron chi connectivity index (χ0n) is 10.9. The Morgan fingerprint density at radius 2 is 2.00 bits per heavy atom. The number of unbranched alkanes of at least 4 members (excludes halogenated alkanes) is 1. The summed E-state index contributed by atoms with van der Waals surface area (Å²) in [5.41, 5.74) is 1.81. The molecule has 0 saturated carbocycles. The van der Waals surface area contributed by atoms with Gasteiger partial charge in [-0.1, -0.05) is 18.2 Å². The molecule has 3 N–H and O–H groups in total. The number of rotatable bonds is 8. The van der Waals surface area contributed by atoms with Gasteiger partial charge in [-0.3, -0.25) is 4.79 Å². The fraction of sp³-hybridized carbons (Fsp3) is 0.500. The summed E-state index contributed by atoms with van der Waals surface area (Å²) in [6.07, 6.45) is 2.37. The number of amides is 1. The number of carbonyl (C=O) groups is 1. The van der Waals surface area contributed by atoms with Gasteiger partial charge in [0.2, 0.25) is 0 Å². The highest BCUT2D eigenvalue weighted by molar-refractivity contribution is 5.95. The smallest absolute Gasteiger partial charge is 0.251 e. The molecule has 0 unspecified atom stereocenters. The van der Waals surface area contributed by atoms with Crippen molar-refractivity contribution in [3.8, 4) is 0 Å². The Balaban J connectivity index is 2.55. The molecular weight excluding hydrogens is 228 g/mol. The third kappa shape index (κ3) is 4.85. The molecule has 0 aromatic heterocycles. The average Bonchev–Trinajstić information content (AvgIpc) is 2.41. The Labute approximate surface area is 108 Å². The van der Waals surface area contributed by atoms with E-state index in [0.717, 1.165) is 36.9 Å². The Kier molecular flexibility index (Phi) is 7.06. The maximum absolute atomic E-state index is 12.0. The molecule has 0 saturated heterocycles. The number of nitrogens with one attached hydrogen (secondary N) is 2. The van der Waals surface area contributed by atoms with E-state index in [1.807, 2.05) is 31.3 Å². The molecule has 4 heteroatoms. The van der Waals surface area contributed by atoms with Crippen LogP contribution in [0.5, 0.6) is 0 Å². The summed E-state index contributed by atoms with van der Waals surface area (Å²) < 4.78 is 0. The molecule has 0 atom stereocenters. The van der Waals surface area contributed by atoms with E-state index in [4.69, 9.17) is 5.11 Å². The van der Waals surface area contributed by atoms with Gasteiger partial charge in [0.1, 0.15) is 0 Å². The highest BCUT2D eigenvalue weighted by Crippen LogP contribution is 2.09. The summed E-state index contributed by atoms with van der Waals surface area (Å²) in [6.45, 7) is 1.64. The maximum atomic E-state index is 12.0. The van der Waals surface area contributed by atoms with Crippen molar-refractivity contribution in [2.24, 2.45) is 0 Å². The number of aliphatic hydroxyl groups is 1. The molecule has 18 heavy (non-hydrogen) atoms. The maximum Gasteiger partial charge on any atom is 0.251 e. The largest absolute Gasteiger partial charge is 0.396 e. The van der Waals surface area contributed by atoms with Crippen molar-refractivity contribution < 1.29 is 9.90 Å². The lowest BCUT2D eigenvalue weighted by atomic mass is 10.0. The predicted molar refractivity (Wildman–Crippen MR) is 72.7 cm³/mol. The van der Waals surface area contributed by atoms with E-state index in [1.165, 1.54) is 0 Å². The van der Waals surface area contributed by atoms with Crippen molar-refractivity contribution in [2.75, 3.05) is 26.7 Å². The van der Waals surface area contributed by atoms with Gasteiger partial charge in [-0.2, -0.15) is 0 Å². The molecule has 1 rings (SSSR count). The number of likely N-dealkylation sites (N-methyl/N-ethyl adjacent to an activating group) is 1. The first-order valence-corrected chi connectivity index (χ1v) is 6.41. The van der Waals surface area contributed by atoms with Crippen molar-refractivity contribution in [1.29, 1.82) is 0 Å². The van der Waals surface area contributed by atoms with Crippen LogP contribution in [0.2, 0.25) is 0 Å². The first-order valence-electron chi connectivity index (χ1n) is 6.41. The van der Waals surface area contributed by atoms with Crippen molar-refractivity contribution in [1.82, 2.24) is 10.6 Å². The fourth-order valence-corrected chi connectivity index (χ4v) is 1.75. The van der Waals surface area contributed by atoms with E-state index in [2.05, 4.69) is 10.6 Å². The number of carbonyl (C=O) groups excluding carboxylic acids is 1. The highest BCUT2D eigenvalue weighted by Gasteiger charge is 2.09. The Morgan fingerprint density at radius 3 is 2.72 bits per heavy atom. The summed E-state index contributed by atoms with van der Waals surface area (Å²) in [6, 6.07) is 7.67. The summed E-state index contributed by atoms with van der Waals surface area (Å²) in [5.74, 6) is -0.0281. The molecule has 1 aromatic carbocycles. The van der Waals surface area contributed by atoms with Crippen LogP contribution in [-0.2, 0) is 6.42 Å². The fourth-order valence-electron chi connectivity index (χ4n) is 1.75. The Morgan fingerprint density at radius 1 is 1.22 bits per heavy atom. The number of benzene rings is 1.